The Morgan fingerprint density at radius 2 is 1.46 bits per heavy atom. The van der Waals surface area contributed by atoms with Gasteiger partial charge in [-0.3, -0.25) is 13.9 Å². The molecule has 0 aliphatic heterocycles. The fourth-order valence-electron chi connectivity index (χ4n) is 5.12. The van der Waals surface area contributed by atoms with Gasteiger partial charge in [0.15, 0.2) is 0 Å². The van der Waals surface area contributed by atoms with Gasteiger partial charge in [-0.15, -0.1) is 0 Å². The van der Waals surface area contributed by atoms with E-state index >= 15 is 0 Å². The standard InChI is InChI=1S/C36H39Cl2N3O4S/c1-4-5-18-39-36(43)34(20-28-11-7-6-8-12-28)40(24-29-13-9-10-27(3)19-29)35(42)25-41(32-22-30(37)21-31(38)23-32)46(44,45)33-16-14-26(2)15-17-33/h6-17,19,21-23,34H,4-5,18,20,24-25H2,1-3H3,(H,39,43). The largest absolute Gasteiger partial charge is 0.354 e. The van der Waals surface area contributed by atoms with Crippen molar-refractivity contribution in [2.24, 2.45) is 0 Å². The lowest BCUT2D eigenvalue weighted by molar-refractivity contribution is -0.140. The summed E-state index contributed by atoms with van der Waals surface area (Å²) in [7, 11) is -4.27. The summed E-state index contributed by atoms with van der Waals surface area (Å²) >= 11 is 12.6. The molecular weight excluding hydrogens is 641 g/mol. The van der Waals surface area contributed by atoms with Gasteiger partial charge in [-0.25, -0.2) is 8.42 Å². The normalized spacial score (nSPS) is 11.9. The summed E-state index contributed by atoms with van der Waals surface area (Å²) in [5.41, 5.74) is 3.69. The summed E-state index contributed by atoms with van der Waals surface area (Å²) < 4.78 is 29.4. The van der Waals surface area contributed by atoms with Gasteiger partial charge in [-0.05, 0) is 61.7 Å². The molecule has 4 rings (SSSR count). The number of benzene rings is 4. The Kier molecular flexibility index (Phi) is 12.3. The van der Waals surface area contributed by atoms with Crippen LogP contribution >= 0.6 is 23.2 Å². The molecule has 0 aromatic heterocycles. The highest BCUT2D eigenvalue weighted by molar-refractivity contribution is 7.92. The van der Waals surface area contributed by atoms with Crippen LogP contribution in [-0.4, -0.2) is 44.3 Å². The van der Waals surface area contributed by atoms with Gasteiger partial charge in [0.05, 0.1) is 10.6 Å². The van der Waals surface area contributed by atoms with E-state index in [-0.39, 0.29) is 39.5 Å². The summed E-state index contributed by atoms with van der Waals surface area (Å²) in [5.74, 6) is -0.864. The number of aryl methyl sites for hydroxylation is 2. The Morgan fingerprint density at radius 1 is 0.804 bits per heavy atom. The minimum Gasteiger partial charge on any atom is -0.354 e. The second-order valence-corrected chi connectivity index (χ2v) is 14.0. The third kappa shape index (κ3) is 9.34. The number of halogens is 2. The molecule has 4 aromatic carbocycles. The van der Waals surface area contributed by atoms with Crippen molar-refractivity contribution in [2.45, 2.75) is 57.5 Å². The lowest BCUT2D eigenvalue weighted by atomic mass is 10.0. The van der Waals surface area contributed by atoms with Crippen LogP contribution in [-0.2, 0) is 32.6 Å². The smallest absolute Gasteiger partial charge is 0.264 e. The highest BCUT2D eigenvalue weighted by atomic mass is 35.5. The minimum atomic E-state index is -4.27. The van der Waals surface area contributed by atoms with Crippen LogP contribution in [0.25, 0.3) is 0 Å². The monoisotopic (exact) mass is 679 g/mol. The highest BCUT2D eigenvalue weighted by Crippen LogP contribution is 2.30. The number of sulfonamides is 1. The fraction of sp³-hybridized carbons (Fsp3) is 0.278. The van der Waals surface area contributed by atoms with Gasteiger partial charge in [-0.1, -0.05) is 114 Å². The quantitative estimate of drug-likeness (QED) is 0.141. The number of hydrogen-bond acceptors (Lipinski definition) is 4. The molecule has 1 atom stereocenters. The van der Waals surface area contributed by atoms with Crippen molar-refractivity contribution in [1.82, 2.24) is 10.2 Å². The van der Waals surface area contributed by atoms with Gasteiger partial charge >= 0.3 is 0 Å². The number of rotatable bonds is 14. The van der Waals surface area contributed by atoms with Crippen molar-refractivity contribution >= 4 is 50.7 Å². The summed E-state index contributed by atoms with van der Waals surface area (Å²) in [6, 6.07) is 27.0. The molecule has 10 heteroatoms. The average molecular weight is 681 g/mol. The Labute approximate surface area is 282 Å². The molecule has 0 saturated heterocycles. The van der Waals surface area contributed by atoms with Crippen LogP contribution in [0.2, 0.25) is 10.0 Å². The molecule has 0 bridgehead atoms. The molecule has 46 heavy (non-hydrogen) atoms. The number of carbonyl (C=O) groups excluding carboxylic acids is 2. The van der Waals surface area contributed by atoms with E-state index in [0.717, 1.165) is 39.4 Å². The van der Waals surface area contributed by atoms with E-state index in [1.807, 2.05) is 75.4 Å². The third-order valence-corrected chi connectivity index (χ3v) is 9.78. The molecule has 4 aromatic rings. The first-order valence-electron chi connectivity index (χ1n) is 15.2. The van der Waals surface area contributed by atoms with E-state index < -0.39 is 28.5 Å². The molecule has 0 aliphatic rings. The van der Waals surface area contributed by atoms with Crippen LogP contribution in [0.5, 0.6) is 0 Å². The van der Waals surface area contributed by atoms with Crippen molar-refractivity contribution in [2.75, 3.05) is 17.4 Å². The Bertz CT molecular complexity index is 1730. The van der Waals surface area contributed by atoms with E-state index in [1.165, 1.54) is 35.2 Å². The van der Waals surface area contributed by atoms with Gasteiger partial charge in [0, 0.05) is 29.6 Å². The summed E-state index contributed by atoms with van der Waals surface area (Å²) in [6.45, 7) is 5.80. The van der Waals surface area contributed by atoms with Crippen LogP contribution in [0.4, 0.5) is 5.69 Å². The van der Waals surface area contributed by atoms with E-state index in [2.05, 4.69) is 5.32 Å². The number of carbonyl (C=O) groups is 2. The van der Waals surface area contributed by atoms with Crippen LogP contribution in [0.15, 0.2) is 102 Å². The molecule has 1 unspecified atom stereocenters. The number of unbranched alkanes of at least 4 members (excludes halogenated alkanes) is 1. The zero-order valence-electron chi connectivity index (χ0n) is 26.2. The maximum Gasteiger partial charge on any atom is 0.264 e. The molecule has 2 amide bonds. The van der Waals surface area contributed by atoms with Crippen molar-refractivity contribution in [3.05, 3.63) is 129 Å². The molecular formula is C36H39Cl2N3O4S. The predicted molar refractivity (Wildman–Crippen MR) is 186 cm³/mol. The van der Waals surface area contributed by atoms with Gasteiger partial charge in [0.1, 0.15) is 12.6 Å². The van der Waals surface area contributed by atoms with Crippen molar-refractivity contribution in [3.8, 4) is 0 Å². The number of nitrogens with one attached hydrogen (secondary N) is 1. The second-order valence-electron chi connectivity index (χ2n) is 11.3. The maximum absolute atomic E-state index is 14.6. The molecule has 0 radical (unpaired) electrons. The van der Waals surface area contributed by atoms with Crippen molar-refractivity contribution < 1.29 is 18.0 Å². The summed E-state index contributed by atoms with van der Waals surface area (Å²) in [4.78, 5) is 29.9. The molecule has 0 saturated carbocycles. The average Bonchev–Trinajstić information content (AvgIpc) is 3.01. The maximum atomic E-state index is 14.6. The third-order valence-electron chi connectivity index (χ3n) is 7.56. The molecule has 1 N–H and O–H groups in total. The summed E-state index contributed by atoms with van der Waals surface area (Å²) in [6.07, 6.45) is 1.92. The van der Waals surface area contributed by atoms with Crippen molar-refractivity contribution in [3.63, 3.8) is 0 Å². The lowest BCUT2D eigenvalue weighted by Crippen LogP contribution is -2.53. The van der Waals surface area contributed by atoms with Gasteiger partial charge < -0.3 is 10.2 Å². The molecule has 0 aliphatic carbocycles. The Balaban J connectivity index is 1.81. The topological polar surface area (TPSA) is 86.8 Å². The highest BCUT2D eigenvalue weighted by Gasteiger charge is 2.34. The minimum absolute atomic E-state index is 0.00498. The number of amides is 2. The first-order chi connectivity index (χ1) is 22.0. The second kappa shape index (κ2) is 16.1. The Hall–Kier alpha value is -3.85. The van der Waals surface area contributed by atoms with Crippen LogP contribution in [0.3, 0.4) is 0 Å². The van der Waals surface area contributed by atoms with E-state index in [9.17, 15) is 18.0 Å². The first kappa shape index (κ1) is 35.0. The molecule has 0 fully saturated rings. The fourth-order valence-corrected chi connectivity index (χ4v) is 7.03. The van der Waals surface area contributed by atoms with E-state index in [4.69, 9.17) is 23.2 Å². The first-order valence-corrected chi connectivity index (χ1v) is 17.4. The van der Waals surface area contributed by atoms with Gasteiger partial charge in [-0.2, -0.15) is 0 Å². The molecule has 242 valence electrons. The number of hydrogen-bond donors (Lipinski definition) is 1. The number of anilines is 1. The lowest BCUT2D eigenvalue weighted by Gasteiger charge is -2.34. The zero-order chi connectivity index (χ0) is 33.3. The van der Waals surface area contributed by atoms with Gasteiger partial charge in [0.2, 0.25) is 11.8 Å². The SMILES string of the molecule is CCCCNC(=O)C(Cc1ccccc1)N(Cc1cccc(C)c1)C(=O)CN(c1cc(Cl)cc(Cl)c1)S(=O)(=O)c1ccc(C)cc1. The van der Waals surface area contributed by atoms with Crippen LogP contribution in [0, 0.1) is 13.8 Å². The molecule has 7 nitrogen and oxygen atoms in total. The molecule has 0 heterocycles. The van der Waals surface area contributed by atoms with Crippen LogP contribution in [0.1, 0.15) is 42.0 Å². The Morgan fingerprint density at radius 3 is 2.09 bits per heavy atom. The molecule has 0 spiro atoms. The zero-order valence-corrected chi connectivity index (χ0v) is 28.6. The number of nitrogens with zero attached hydrogens (tertiary/aromatic N) is 2. The van der Waals surface area contributed by atoms with Crippen LogP contribution < -0.4 is 9.62 Å². The predicted octanol–water partition coefficient (Wildman–Crippen LogP) is 7.36. The van der Waals surface area contributed by atoms with E-state index in [1.54, 1.807) is 12.1 Å². The summed E-state index contributed by atoms with van der Waals surface area (Å²) in [5, 5.41) is 3.43. The van der Waals surface area contributed by atoms with E-state index in [0.29, 0.717) is 6.54 Å². The van der Waals surface area contributed by atoms with Crippen molar-refractivity contribution in [1.29, 1.82) is 0 Å². The van der Waals surface area contributed by atoms with Gasteiger partial charge in [0.25, 0.3) is 10.0 Å².